The third kappa shape index (κ3) is 6.68. The van der Waals surface area contributed by atoms with Gasteiger partial charge in [-0.15, -0.1) is 0 Å². The smallest absolute Gasteiger partial charge is 0.306 e. The van der Waals surface area contributed by atoms with E-state index in [-0.39, 0.29) is 23.5 Å². The number of hydrogen-bond acceptors (Lipinski definition) is 5. The van der Waals surface area contributed by atoms with Crippen molar-refractivity contribution in [1.29, 1.82) is 0 Å². The van der Waals surface area contributed by atoms with Crippen molar-refractivity contribution < 1.29 is 14.6 Å². The highest BCUT2D eigenvalue weighted by atomic mass is 16.5. The highest BCUT2D eigenvalue weighted by Gasteiger charge is 2.67. The molecule has 0 aliphatic heterocycles. The molecule has 0 aromatic carbocycles. The van der Waals surface area contributed by atoms with Gasteiger partial charge in [0.1, 0.15) is 6.10 Å². The number of aliphatic hydroxyl groups is 1. The number of aromatic amines is 1. The van der Waals surface area contributed by atoms with Crippen LogP contribution in [0.4, 0.5) is 0 Å². The minimum absolute atomic E-state index is 0.00290. The third-order valence-electron chi connectivity index (χ3n) is 13.7. The number of fused-ring (bicyclic) bond motifs is 5. The third-order valence-corrected chi connectivity index (χ3v) is 13.7. The minimum atomic E-state index is -0.884. The van der Waals surface area contributed by atoms with Crippen LogP contribution in [0.1, 0.15) is 144 Å². The molecule has 10 atom stereocenters. The average molecular weight is 612 g/mol. The second kappa shape index (κ2) is 14.2. The average Bonchev–Trinajstić information content (AvgIpc) is 3.61. The fourth-order valence-electron chi connectivity index (χ4n) is 11.2. The van der Waals surface area contributed by atoms with Crippen molar-refractivity contribution in [1.82, 2.24) is 15.3 Å². The normalized spacial score (nSPS) is 39.0. The molecule has 4 saturated carbocycles. The quantitative estimate of drug-likeness (QED) is 0.146. The molecular weight excluding hydrogens is 546 g/mol. The first kappa shape index (κ1) is 33.9. The number of ether oxygens (including phenoxy) is 1. The molecule has 1 heterocycles. The number of imidazole rings is 1. The Morgan fingerprint density at radius 2 is 1.91 bits per heavy atom. The molecular formula is C38H65N3O3. The Kier molecular flexibility index (Phi) is 10.9. The molecule has 6 nitrogen and oxygen atoms in total. The first-order valence-corrected chi connectivity index (χ1v) is 18.6. The van der Waals surface area contributed by atoms with Crippen LogP contribution in [0.2, 0.25) is 0 Å². The van der Waals surface area contributed by atoms with Crippen LogP contribution in [0.5, 0.6) is 0 Å². The molecule has 4 unspecified atom stereocenters. The summed E-state index contributed by atoms with van der Waals surface area (Å²) in [6.45, 7) is 15.3. The molecule has 0 amide bonds. The standard InChI is InChI=1S/C38H65N3O3/c1-7-8-9-13-35(42)44-29-16-20-37(6)33-17-19-36(5)31(27(4)12-10-11-26(2)3)14-15-32(36)30(33)22-34(38(37,43)23-29)40-21-18-28-24-39-25-41-28/h24-27,29-34,40,43H,7-23H2,1-6H3,(H,39,41)/t27?,29-,30?,31+,32?,33?,34+,36+,37+,38-/m0/s1. The van der Waals surface area contributed by atoms with Crippen molar-refractivity contribution in [2.75, 3.05) is 6.54 Å². The summed E-state index contributed by atoms with van der Waals surface area (Å²) >= 11 is 0. The summed E-state index contributed by atoms with van der Waals surface area (Å²) in [6, 6.07) is 0.00290. The van der Waals surface area contributed by atoms with Gasteiger partial charge in [0.25, 0.3) is 0 Å². The van der Waals surface area contributed by atoms with E-state index in [9.17, 15) is 9.90 Å². The van der Waals surface area contributed by atoms with E-state index in [1.54, 1.807) is 6.33 Å². The fraction of sp³-hybridized carbons (Fsp3) is 0.895. The summed E-state index contributed by atoms with van der Waals surface area (Å²) in [6.07, 6.45) is 20.6. The molecule has 4 aliphatic rings. The van der Waals surface area contributed by atoms with Gasteiger partial charge < -0.3 is 20.1 Å². The van der Waals surface area contributed by atoms with E-state index in [1.165, 1.54) is 44.9 Å². The summed E-state index contributed by atoms with van der Waals surface area (Å²) in [5.74, 6) is 4.25. The first-order chi connectivity index (χ1) is 21.0. The molecule has 1 aromatic heterocycles. The number of hydrogen-bond donors (Lipinski definition) is 3. The van der Waals surface area contributed by atoms with E-state index in [4.69, 9.17) is 4.74 Å². The maximum atomic E-state index is 12.9. The number of carbonyl (C=O) groups excluding carboxylic acids is 1. The Morgan fingerprint density at radius 3 is 2.64 bits per heavy atom. The first-order valence-electron chi connectivity index (χ1n) is 18.6. The van der Waals surface area contributed by atoms with Crippen molar-refractivity contribution >= 4 is 5.97 Å². The zero-order valence-corrected chi connectivity index (χ0v) is 29.0. The molecule has 5 rings (SSSR count). The monoisotopic (exact) mass is 612 g/mol. The molecule has 6 heteroatoms. The van der Waals surface area contributed by atoms with Crippen LogP contribution in [0.3, 0.4) is 0 Å². The molecule has 0 bridgehead atoms. The van der Waals surface area contributed by atoms with E-state index >= 15 is 0 Å². The van der Waals surface area contributed by atoms with Crippen molar-refractivity contribution in [3.05, 3.63) is 18.2 Å². The van der Waals surface area contributed by atoms with Crippen LogP contribution in [0.25, 0.3) is 0 Å². The van der Waals surface area contributed by atoms with Crippen LogP contribution >= 0.6 is 0 Å². The molecule has 1 aromatic rings. The molecule has 3 N–H and O–H groups in total. The van der Waals surface area contributed by atoms with Gasteiger partial charge in [0.15, 0.2) is 0 Å². The second-order valence-electron chi connectivity index (χ2n) is 16.6. The van der Waals surface area contributed by atoms with Gasteiger partial charge >= 0.3 is 5.97 Å². The highest BCUT2D eigenvalue weighted by molar-refractivity contribution is 5.69. The Morgan fingerprint density at radius 1 is 1.09 bits per heavy atom. The number of nitrogens with one attached hydrogen (secondary N) is 2. The van der Waals surface area contributed by atoms with E-state index in [0.717, 1.165) is 80.9 Å². The Balaban J connectivity index is 1.34. The van der Waals surface area contributed by atoms with Crippen LogP contribution in [0, 0.1) is 46.3 Å². The van der Waals surface area contributed by atoms with Crippen molar-refractivity contribution in [2.24, 2.45) is 46.3 Å². The molecule has 4 aliphatic carbocycles. The summed E-state index contributed by atoms with van der Waals surface area (Å²) in [5.41, 5.74) is 0.481. The van der Waals surface area contributed by atoms with Crippen molar-refractivity contribution in [3.63, 3.8) is 0 Å². The van der Waals surface area contributed by atoms with Crippen LogP contribution in [-0.2, 0) is 16.0 Å². The number of unbranched alkanes of at least 4 members (excludes halogenated alkanes) is 2. The number of aromatic nitrogens is 2. The van der Waals surface area contributed by atoms with E-state index in [1.807, 2.05) is 6.20 Å². The lowest BCUT2D eigenvalue weighted by Crippen LogP contribution is -2.71. The number of H-pyrrole nitrogens is 1. The largest absolute Gasteiger partial charge is 0.462 e. The lowest BCUT2D eigenvalue weighted by molar-refractivity contribution is -0.237. The lowest BCUT2D eigenvalue weighted by Gasteiger charge is -2.66. The molecule has 44 heavy (non-hydrogen) atoms. The van der Waals surface area contributed by atoms with Gasteiger partial charge in [-0.1, -0.05) is 73.6 Å². The predicted molar refractivity (Wildman–Crippen MR) is 178 cm³/mol. The predicted octanol–water partition coefficient (Wildman–Crippen LogP) is 8.25. The summed E-state index contributed by atoms with van der Waals surface area (Å²) in [7, 11) is 0. The zero-order valence-electron chi connectivity index (χ0n) is 29.0. The molecule has 0 spiro atoms. The van der Waals surface area contributed by atoms with Crippen LogP contribution in [-0.4, -0.2) is 45.3 Å². The maximum Gasteiger partial charge on any atom is 0.306 e. The minimum Gasteiger partial charge on any atom is -0.462 e. The SMILES string of the molecule is CCCCCC(=O)O[C@H]1CC[C@]2(C)C3CC[C@@]4(C)C(CC[C@@H]4C(C)CCCC(C)C)C3C[C@@H](NCCc3cnc[nH]3)[C@@]2(O)C1. The van der Waals surface area contributed by atoms with Gasteiger partial charge in [0, 0.05) is 49.2 Å². The Labute approximate surface area is 268 Å². The second-order valence-corrected chi connectivity index (χ2v) is 16.6. The van der Waals surface area contributed by atoms with Gasteiger partial charge in [0.2, 0.25) is 0 Å². The maximum absolute atomic E-state index is 12.9. The van der Waals surface area contributed by atoms with E-state index in [2.05, 4.69) is 56.8 Å². The zero-order chi connectivity index (χ0) is 31.5. The number of esters is 1. The number of nitrogens with zero attached hydrogens (tertiary/aromatic N) is 1. The van der Waals surface area contributed by atoms with Crippen molar-refractivity contribution in [2.45, 2.75) is 162 Å². The van der Waals surface area contributed by atoms with Gasteiger partial charge in [-0.25, -0.2) is 4.98 Å². The van der Waals surface area contributed by atoms with Gasteiger partial charge in [-0.3, -0.25) is 4.79 Å². The van der Waals surface area contributed by atoms with Gasteiger partial charge in [0.05, 0.1) is 11.9 Å². The summed E-state index contributed by atoms with van der Waals surface area (Å²) in [4.78, 5) is 20.2. The van der Waals surface area contributed by atoms with E-state index in [0.29, 0.717) is 30.1 Å². The number of carbonyl (C=O) groups is 1. The van der Waals surface area contributed by atoms with Gasteiger partial charge in [-0.05, 0) is 92.3 Å². The number of rotatable bonds is 14. The van der Waals surface area contributed by atoms with Gasteiger partial charge in [-0.2, -0.15) is 0 Å². The molecule has 0 radical (unpaired) electrons. The topological polar surface area (TPSA) is 87.2 Å². The van der Waals surface area contributed by atoms with Crippen LogP contribution < -0.4 is 5.32 Å². The van der Waals surface area contributed by atoms with Crippen LogP contribution in [0.15, 0.2) is 12.5 Å². The summed E-state index contributed by atoms with van der Waals surface area (Å²) < 4.78 is 6.08. The highest BCUT2D eigenvalue weighted by Crippen LogP contribution is 2.69. The molecule has 0 saturated heterocycles. The fourth-order valence-corrected chi connectivity index (χ4v) is 11.2. The Bertz CT molecular complexity index is 1060. The van der Waals surface area contributed by atoms with E-state index < -0.39 is 5.60 Å². The van der Waals surface area contributed by atoms with Crippen molar-refractivity contribution in [3.8, 4) is 0 Å². The molecule has 4 fully saturated rings. The Hall–Kier alpha value is -1.40. The lowest BCUT2D eigenvalue weighted by atomic mass is 9.42. The molecule has 250 valence electrons. The summed E-state index contributed by atoms with van der Waals surface area (Å²) in [5, 5.41) is 16.8.